The zero-order valence-corrected chi connectivity index (χ0v) is 14.0. The van der Waals surface area contributed by atoms with Crippen LogP contribution in [-0.4, -0.2) is 62.0 Å². The normalized spacial score (nSPS) is 24.7. The largest absolute Gasteiger partial charge is 0.363 e. The molecular weight excluding hydrogens is 318 g/mol. The lowest BCUT2D eigenvalue weighted by molar-refractivity contribution is -0.384. The number of benzene rings is 1. The van der Waals surface area contributed by atoms with Crippen LogP contribution in [0, 0.1) is 17.0 Å². The predicted molar refractivity (Wildman–Crippen MR) is 88.7 cm³/mol. The van der Waals surface area contributed by atoms with Crippen molar-refractivity contribution in [1.82, 2.24) is 4.90 Å². The lowest BCUT2D eigenvalue weighted by Gasteiger charge is -2.38. The Morgan fingerprint density at radius 3 is 2.48 bits per heavy atom. The van der Waals surface area contributed by atoms with Gasteiger partial charge in [-0.1, -0.05) is 6.07 Å². The van der Waals surface area contributed by atoms with Gasteiger partial charge in [-0.2, -0.15) is 0 Å². The third kappa shape index (κ3) is 3.48. The number of aryl methyl sites for hydroxylation is 1. The Bertz CT molecular complexity index is 711. The number of sulfone groups is 1. The second-order valence-corrected chi connectivity index (χ2v) is 8.56. The Morgan fingerprint density at radius 1 is 1.22 bits per heavy atom. The molecule has 8 heteroatoms. The van der Waals surface area contributed by atoms with E-state index in [4.69, 9.17) is 0 Å². The molecule has 0 bridgehead atoms. The van der Waals surface area contributed by atoms with Crippen LogP contribution in [0.15, 0.2) is 18.2 Å². The Balaban J connectivity index is 1.69. The van der Waals surface area contributed by atoms with Gasteiger partial charge in [-0.25, -0.2) is 8.42 Å². The highest BCUT2D eigenvalue weighted by Crippen LogP contribution is 2.30. The van der Waals surface area contributed by atoms with Crippen LogP contribution in [0.1, 0.15) is 12.0 Å². The summed E-state index contributed by atoms with van der Waals surface area (Å²) in [6.45, 7) is 4.69. The van der Waals surface area contributed by atoms with Crippen molar-refractivity contribution in [3.63, 3.8) is 0 Å². The minimum absolute atomic E-state index is 0.107. The number of anilines is 1. The van der Waals surface area contributed by atoms with Crippen molar-refractivity contribution in [2.75, 3.05) is 42.6 Å². The van der Waals surface area contributed by atoms with Gasteiger partial charge < -0.3 is 4.90 Å². The topological polar surface area (TPSA) is 83.8 Å². The maximum Gasteiger partial charge on any atom is 0.292 e. The van der Waals surface area contributed by atoms with E-state index < -0.39 is 9.84 Å². The molecule has 2 aliphatic rings. The monoisotopic (exact) mass is 339 g/mol. The summed E-state index contributed by atoms with van der Waals surface area (Å²) in [5.41, 5.74) is 1.66. The van der Waals surface area contributed by atoms with Crippen LogP contribution in [0.2, 0.25) is 0 Å². The fourth-order valence-corrected chi connectivity index (χ4v) is 5.20. The Labute approximate surface area is 136 Å². The van der Waals surface area contributed by atoms with Gasteiger partial charge >= 0.3 is 0 Å². The smallest absolute Gasteiger partial charge is 0.292 e. The molecule has 0 saturated carbocycles. The molecule has 0 radical (unpaired) electrons. The fourth-order valence-electron chi connectivity index (χ4n) is 3.44. The molecular formula is C15H21N3O4S. The number of nitro groups is 1. The van der Waals surface area contributed by atoms with Gasteiger partial charge in [0.05, 0.1) is 16.4 Å². The fraction of sp³-hybridized carbons (Fsp3) is 0.600. The summed E-state index contributed by atoms with van der Waals surface area (Å²) in [7, 11) is -2.88. The van der Waals surface area contributed by atoms with Gasteiger partial charge in [-0.15, -0.1) is 0 Å². The first kappa shape index (κ1) is 16.2. The molecule has 1 unspecified atom stereocenters. The van der Waals surface area contributed by atoms with Crippen LogP contribution in [-0.2, 0) is 9.84 Å². The van der Waals surface area contributed by atoms with Gasteiger partial charge in [0.1, 0.15) is 5.69 Å². The number of piperazine rings is 1. The SMILES string of the molecule is Cc1ccc(N2CCN(C3CCS(=O)(=O)C3)CC2)c([N+](=O)[O-])c1. The van der Waals surface area contributed by atoms with Crippen LogP contribution in [0.5, 0.6) is 0 Å². The summed E-state index contributed by atoms with van der Waals surface area (Å²) < 4.78 is 23.2. The molecule has 2 heterocycles. The van der Waals surface area contributed by atoms with Gasteiger partial charge in [0.15, 0.2) is 9.84 Å². The number of nitrogens with zero attached hydrogens (tertiary/aromatic N) is 3. The molecule has 3 rings (SSSR count). The van der Waals surface area contributed by atoms with Crippen LogP contribution < -0.4 is 4.90 Å². The van der Waals surface area contributed by atoms with Crippen molar-refractivity contribution >= 4 is 21.2 Å². The van der Waals surface area contributed by atoms with E-state index in [0.717, 1.165) is 18.7 Å². The number of rotatable bonds is 3. The summed E-state index contributed by atoms with van der Waals surface area (Å²) in [4.78, 5) is 15.2. The van der Waals surface area contributed by atoms with Gasteiger partial charge in [0.2, 0.25) is 0 Å². The molecule has 1 atom stereocenters. The average Bonchev–Trinajstić information content (AvgIpc) is 2.87. The molecule has 0 spiro atoms. The molecule has 0 aromatic heterocycles. The van der Waals surface area contributed by atoms with Gasteiger partial charge in [0.25, 0.3) is 5.69 Å². The standard InChI is InChI=1S/C15H21N3O4S/c1-12-2-3-14(15(10-12)18(19)20)17-7-5-16(6-8-17)13-4-9-23(21,22)11-13/h2-3,10,13H,4-9,11H2,1H3. The van der Waals surface area contributed by atoms with Crippen LogP contribution in [0.25, 0.3) is 0 Å². The van der Waals surface area contributed by atoms with E-state index >= 15 is 0 Å². The summed E-state index contributed by atoms with van der Waals surface area (Å²) >= 11 is 0. The van der Waals surface area contributed by atoms with E-state index in [2.05, 4.69) is 4.90 Å². The highest BCUT2D eigenvalue weighted by atomic mass is 32.2. The van der Waals surface area contributed by atoms with Crippen LogP contribution >= 0.6 is 0 Å². The van der Waals surface area contributed by atoms with E-state index in [1.807, 2.05) is 24.0 Å². The Hall–Kier alpha value is -1.67. The maximum absolute atomic E-state index is 11.6. The molecule has 126 valence electrons. The van der Waals surface area contributed by atoms with Crippen molar-refractivity contribution in [3.8, 4) is 0 Å². The van der Waals surface area contributed by atoms with E-state index in [1.54, 1.807) is 6.07 Å². The van der Waals surface area contributed by atoms with Crippen molar-refractivity contribution in [2.24, 2.45) is 0 Å². The molecule has 23 heavy (non-hydrogen) atoms. The summed E-state index contributed by atoms with van der Waals surface area (Å²) in [6, 6.07) is 5.40. The minimum atomic E-state index is -2.88. The lowest BCUT2D eigenvalue weighted by Crippen LogP contribution is -2.50. The van der Waals surface area contributed by atoms with E-state index in [1.165, 1.54) is 0 Å². The molecule has 2 saturated heterocycles. The minimum Gasteiger partial charge on any atom is -0.363 e. The molecule has 7 nitrogen and oxygen atoms in total. The van der Waals surface area contributed by atoms with Gasteiger partial charge in [-0.3, -0.25) is 15.0 Å². The predicted octanol–water partition coefficient (Wildman–Crippen LogP) is 1.21. The quantitative estimate of drug-likeness (QED) is 0.608. The van der Waals surface area contributed by atoms with E-state index in [9.17, 15) is 18.5 Å². The highest BCUT2D eigenvalue weighted by molar-refractivity contribution is 7.91. The zero-order chi connectivity index (χ0) is 16.6. The third-order valence-corrected chi connectivity index (χ3v) is 6.46. The highest BCUT2D eigenvalue weighted by Gasteiger charge is 2.34. The molecule has 0 N–H and O–H groups in total. The molecule has 0 amide bonds. The Kier molecular flexibility index (Phi) is 4.29. The zero-order valence-electron chi connectivity index (χ0n) is 13.1. The Morgan fingerprint density at radius 2 is 1.91 bits per heavy atom. The molecule has 2 aliphatic heterocycles. The average molecular weight is 339 g/mol. The summed E-state index contributed by atoms with van der Waals surface area (Å²) in [5.74, 6) is 0.527. The lowest BCUT2D eigenvalue weighted by atomic mass is 10.1. The number of hydrogen-bond donors (Lipinski definition) is 0. The molecule has 2 fully saturated rings. The van der Waals surface area contributed by atoms with Gasteiger partial charge in [-0.05, 0) is 25.0 Å². The van der Waals surface area contributed by atoms with E-state index in [0.29, 0.717) is 25.2 Å². The first-order valence-corrected chi connectivity index (χ1v) is 9.62. The van der Waals surface area contributed by atoms with E-state index in [-0.39, 0.29) is 28.2 Å². The molecule has 1 aromatic rings. The number of nitro benzene ring substituents is 1. The molecule has 1 aromatic carbocycles. The van der Waals surface area contributed by atoms with Crippen molar-refractivity contribution in [3.05, 3.63) is 33.9 Å². The first-order chi connectivity index (χ1) is 10.9. The van der Waals surface area contributed by atoms with Crippen molar-refractivity contribution in [2.45, 2.75) is 19.4 Å². The second kappa shape index (κ2) is 6.09. The maximum atomic E-state index is 11.6. The number of hydrogen-bond acceptors (Lipinski definition) is 6. The van der Waals surface area contributed by atoms with Crippen LogP contribution in [0.3, 0.4) is 0 Å². The van der Waals surface area contributed by atoms with Crippen molar-refractivity contribution < 1.29 is 13.3 Å². The van der Waals surface area contributed by atoms with Gasteiger partial charge in [0, 0.05) is 38.3 Å². The van der Waals surface area contributed by atoms with Crippen LogP contribution in [0.4, 0.5) is 11.4 Å². The summed E-state index contributed by atoms with van der Waals surface area (Å²) in [6.07, 6.45) is 0.701. The molecule has 0 aliphatic carbocycles. The summed E-state index contributed by atoms with van der Waals surface area (Å²) in [5, 5.41) is 11.3. The first-order valence-electron chi connectivity index (χ1n) is 7.80. The third-order valence-electron chi connectivity index (χ3n) is 4.71. The second-order valence-electron chi connectivity index (χ2n) is 6.33. The van der Waals surface area contributed by atoms with Crippen molar-refractivity contribution in [1.29, 1.82) is 0 Å².